The standard InChI is InChI=1S/C32H35ClO5/c1-35-7-8-37-19-38-30-15-25-4-3-23(24-5-6-27(29(33)14-24)31(34)36-2)12-26(25)13-28(30)32-16-20-9-21(17-32)11-22(10-20)18-32/h3-6,12-15,20-22H,7-11,16-19H2,1-2H3. The van der Waals surface area contributed by atoms with E-state index in [-0.39, 0.29) is 12.2 Å². The van der Waals surface area contributed by atoms with Crippen LogP contribution in [0, 0.1) is 17.8 Å². The molecule has 4 bridgehead atoms. The second kappa shape index (κ2) is 10.5. The largest absolute Gasteiger partial charge is 0.467 e. The maximum Gasteiger partial charge on any atom is 0.339 e. The van der Waals surface area contributed by atoms with E-state index in [9.17, 15) is 4.79 Å². The van der Waals surface area contributed by atoms with Crippen molar-refractivity contribution < 1.29 is 23.7 Å². The van der Waals surface area contributed by atoms with E-state index < -0.39 is 5.97 Å². The normalized spacial score (nSPS) is 25.6. The fourth-order valence-corrected chi connectivity index (χ4v) is 7.96. The number of ether oxygens (including phenoxy) is 4. The predicted molar refractivity (Wildman–Crippen MR) is 149 cm³/mol. The molecule has 3 aromatic carbocycles. The van der Waals surface area contributed by atoms with Crippen LogP contribution in [0.1, 0.15) is 54.4 Å². The number of hydrogen-bond acceptors (Lipinski definition) is 5. The molecule has 0 unspecified atom stereocenters. The highest BCUT2D eigenvalue weighted by molar-refractivity contribution is 6.33. The Bertz CT molecular complexity index is 1310. The van der Waals surface area contributed by atoms with Crippen LogP contribution < -0.4 is 4.74 Å². The number of rotatable bonds is 9. The van der Waals surface area contributed by atoms with Gasteiger partial charge in [0.15, 0.2) is 6.79 Å². The van der Waals surface area contributed by atoms with Crippen molar-refractivity contribution in [3.63, 3.8) is 0 Å². The first kappa shape index (κ1) is 25.7. The van der Waals surface area contributed by atoms with Crippen molar-refractivity contribution in [1.82, 2.24) is 0 Å². The molecule has 0 radical (unpaired) electrons. The molecule has 0 atom stereocenters. The molecular weight excluding hydrogens is 500 g/mol. The van der Waals surface area contributed by atoms with Crippen LogP contribution in [0.15, 0.2) is 48.5 Å². The number of carbonyl (C=O) groups is 1. The Labute approximate surface area is 229 Å². The summed E-state index contributed by atoms with van der Waals surface area (Å²) >= 11 is 6.44. The monoisotopic (exact) mass is 534 g/mol. The molecule has 7 rings (SSSR count). The lowest BCUT2D eigenvalue weighted by Crippen LogP contribution is -2.48. The molecule has 4 fully saturated rings. The van der Waals surface area contributed by atoms with E-state index >= 15 is 0 Å². The van der Waals surface area contributed by atoms with Crippen LogP contribution in [0.2, 0.25) is 5.02 Å². The van der Waals surface area contributed by atoms with Crippen molar-refractivity contribution in [3.05, 3.63) is 64.7 Å². The lowest BCUT2D eigenvalue weighted by atomic mass is 9.48. The van der Waals surface area contributed by atoms with Crippen molar-refractivity contribution in [2.24, 2.45) is 17.8 Å². The maximum absolute atomic E-state index is 12.0. The first-order chi connectivity index (χ1) is 18.5. The van der Waals surface area contributed by atoms with Crippen molar-refractivity contribution >= 4 is 28.3 Å². The van der Waals surface area contributed by atoms with Crippen molar-refractivity contribution in [2.75, 3.05) is 34.2 Å². The number of hydrogen-bond donors (Lipinski definition) is 0. The van der Waals surface area contributed by atoms with Crippen LogP contribution in [0.4, 0.5) is 0 Å². The van der Waals surface area contributed by atoms with Gasteiger partial charge in [0.25, 0.3) is 0 Å². The van der Waals surface area contributed by atoms with Gasteiger partial charge in [0, 0.05) is 12.7 Å². The Morgan fingerprint density at radius 1 is 0.868 bits per heavy atom. The van der Waals surface area contributed by atoms with E-state index in [0.29, 0.717) is 23.8 Å². The molecule has 200 valence electrons. The zero-order chi connectivity index (χ0) is 26.3. The summed E-state index contributed by atoms with van der Waals surface area (Å²) in [4.78, 5) is 12.0. The summed E-state index contributed by atoms with van der Waals surface area (Å²) in [5.41, 5.74) is 3.93. The molecule has 3 aromatic rings. The highest BCUT2D eigenvalue weighted by Gasteiger charge is 2.52. The van der Waals surface area contributed by atoms with Gasteiger partial charge in [-0.25, -0.2) is 4.79 Å². The molecule has 0 amide bonds. The van der Waals surface area contributed by atoms with Gasteiger partial charge in [-0.05, 0) is 114 Å². The van der Waals surface area contributed by atoms with Crippen molar-refractivity contribution in [2.45, 2.75) is 43.9 Å². The summed E-state index contributed by atoms with van der Waals surface area (Å²) in [7, 11) is 3.04. The Hall–Kier alpha value is -2.60. The second-order valence-corrected chi connectivity index (χ2v) is 11.9. The summed E-state index contributed by atoms with van der Waals surface area (Å²) in [6, 6.07) is 16.5. The number of fused-ring (bicyclic) bond motifs is 1. The van der Waals surface area contributed by atoms with Crippen LogP contribution >= 0.6 is 11.6 Å². The molecule has 0 heterocycles. The minimum atomic E-state index is -0.431. The Balaban J connectivity index is 1.38. The molecule has 0 spiro atoms. The van der Waals surface area contributed by atoms with Crippen LogP contribution in [-0.4, -0.2) is 40.2 Å². The van der Waals surface area contributed by atoms with Crippen LogP contribution in [0.25, 0.3) is 21.9 Å². The quantitative estimate of drug-likeness (QED) is 0.162. The lowest BCUT2D eigenvalue weighted by Gasteiger charge is -2.57. The molecule has 0 saturated heterocycles. The summed E-state index contributed by atoms with van der Waals surface area (Å²) in [6.45, 7) is 1.28. The topological polar surface area (TPSA) is 54.0 Å². The van der Waals surface area contributed by atoms with Gasteiger partial charge in [-0.1, -0.05) is 29.8 Å². The average molecular weight is 535 g/mol. The lowest BCUT2D eigenvalue weighted by molar-refractivity contribution is -0.0188. The van der Waals surface area contributed by atoms with Gasteiger partial charge in [-0.15, -0.1) is 0 Å². The van der Waals surface area contributed by atoms with Crippen molar-refractivity contribution in [1.29, 1.82) is 0 Å². The number of carbonyl (C=O) groups excluding carboxylic acids is 1. The van der Waals surface area contributed by atoms with Gasteiger partial charge < -0.3 is 18.9 Å². The first-order valence-electron chi connectivity index (χ1n) is 13.6. The fourth-order valence-electron chi connectivity index (χ4n) is 7.71. The van der Waals surface area contributed by atoms with Crippen molar-refractivity contribution in [3.8, 4) is 16.9 Å². The molecular formula is C32H35ClO5. The number of halogens is 1. The maximum atomic E-state index is 12.0. The van der Waals surface area contributed by atoms with Crippen LogP contribution in [-0.2, 0) is 19.6 Å². The molecule has 5 nitrogen and oxygen atoms in total. The van der Waals surface area contributed by atoms with E-state index in [4.69, 9.17) is 30.5 Å². The average Bonchev–Trinajstić information content (AvgIpc) is 2.91. The number of esters is 1. The fraction of sp³-hybridized carbons (Fsp3) is 0.469. The zero-order valence-corrected chi connectivity index (χ0v) is 22.9. The van der Waals surface area contributed by atoms with E-state index in [2.05, 4.69) is 30.3 Å². The van der Waals surface area contributed by atoms with E-state index in [1.807, 2.05) is 12.1 Å². The molecule has 4 saturated carbocycles. The highest BCUT2D eigenvalue weighted by Crippen LogP contribution is 2.62. The van der Waals surface area contributed by atoms with E-state index in [0.717, 1.165) is 40.0 Å². The van der Waals surface area contributed by atoms with Gasteiger partial charge in [0.1, 0.15) is 5.75 Å². The number of methoxy groups -OCH3 is 2. The molecule has 6 heteroatoms. The smallest absolute Gasteiger partial charge is 0.339 e. The highest BCUT2D eigenvalue weighted by atomic mass is 35.5. The third-order valence-corrected chi connectivity index (χ3v) is 9.30. The SMILES string of the molecule is COCCOCOc1cc2ccc(-c3ccc(C(=O)OC)c(Cl)c3)cc2cc1C12CC3CC(CC(C3)C1)C2. The van der Waals surface area contributed by atoms with Gasteiger partial charge in [0.2, 0.25) is 0 Å². The van der Waals surface area contributed by atoms with Gasteiger partial charge in [0.05, 0.1) is 30.9 Å². The Kier molecular flexibility index (Phi) is 7.10. The molecule has 4 aliphatic carbocycles. The molecule has 0 aliphatic heterocycles. The summed E-state index contributed by atoms with van der Waals surface area (Å²) < 4.78 is 22.0. The Morgan fingerprint density at radius 3 is 2.21 bits per heavy atom. The molecule has 0 N–H and O–H groups in total. The Morgan fingerprint density at radius 2 is 1.55 bits per heavy atom. The third-order valence-electron chi connectivity index (χ3n) is 8.99. The van der Waals surface area contributed by atoms with Crippen LogP contribution in [0.5, 0.6) is 5.75 Å². The second-order valence-electron chi connectivity index (χ2n) is 11.5. The molecule has 4 aliphatic rings. The minimum Gasteiger partial charge on any atom is -0.467 e. The zero-order valence-electron chi connectivity index (χ0n) is 22.1. The van der Waals surface area contributed by atoms with Gasteiger partial charge in [-0.3, -0.25) is 0 Å². The predicted octanol–water partition coefficient (Wildman–Crippen LogP) is 7.41. The van der Waals surface area contributed by atoms with E-state index in [1.165, 1.54) is 56.6 Å². The molecule has 0 aromatic heterocycles. The summed E-state index contributed by atoms with van der Waals surface area (Å²) in [5, 5.41) is 2.71. The van der Waals surface area contributed by atoms with Gasteiger partial charge in [-0.2, -0.15) is 0 Å². The number of benzene rings is 3. The minimum absolute atomic E-state index is 0.187. The first-order valence-corrected chi connectivity index (χ1v) is 14.0. The van der Waals surface area contributed by atoms with Gasteiger partial charge >= 0.3 is 5.97 Å². The van der Waals surface area contributed by atoms with Crippen LogP contribution in [0.3, 0.4) is 0 Å². The molecule has 38 heavy (non-hydrogen) atoms. The summed E-state index contributed by atoms with van der Waals surface area (Å²) in [6.07, 6.45) is 7.97. The summed E-state index contributed by atoms with van der Waals surface area (Å²) in [5.74, 6) is 3.03. The van der Waals surface area contributed by atoms with E-state index in [1.54, 1.807) is 13.2 Å². The third kappa shape index (κ3) is 4.81.